The third-order valence-corrected chi connectivity index (χ3v) is 6.24. The third kappa shape index (κ3) is 6.12. The van der Waals surface area contributed by atoms with Crippen molar-refractivity contribution >= 4 is 23.6 Å². The van der Waals surface area contributed by atoms with E-state index in [-0.39, 0.29) is 12.3 Å². The lowest BCUT2D eigenvalue weighted by Gasteiger charge is -2.24. The summed E-state index contributed by atoms with van der Waals surface area (Å²) in [7, 11) is 0. The van der Waals surface area contributed by atoms with Crippen LogP contribution in [0.15, 0.2) is 95.7 Å². The van der Waals surface area contributed by atoms with Crippen LogP contribution < -0.4 is 10.6 Å². The first kappa shape index (κ1) is 25.7. The molecule has 0 aliphatic carbocycles. The van der Waals surface area contributed by atoms with Crippen molar-refractivity contribution in [2.45, 2.75) is 25.1 Å². The molecule has 1 fully saturated rings. The molecule has 5 rings (SSSR count). The molecular formula is C29H25FN4O5. The first-order valence-corrected chi connectivity index (χ1v) is 12.3. The van der Waals surface area contributed by atoms with Crippen molar-refractivity contribution in [1.82, 2.24) is 15.2 Å². The number of rotatable bonds is 9. The Bertz CT molecular complexity index is 1440. The van der Waals surface area contributed by atoms with Crippen molar-refractivity contribution in [2.24, 2.45) is 0 Å². The molecule has 2 N–H and O–H groups in total. The highest BCUT2D eigenvalue weighted by atomic mass is 19.1. The van der Waals surface area contributed by atoms with Crippen molar-refractivity contribution in [3.8, 4) is 0 Å². The second kappa shape index (κ2) is 11.6. The maximum absolute atomic E-state index is 13.8. The van der Waals surface area contributed by atoms with Crippen LogP contribution in [0.25, 0.3) is 0 Å². The molecule has 0 bridgehead atoms. The zero-order valence-corrected chi connectivity index (χ0v) is 20.7. The molecule has 3 amide bonds. The van der Waals surface area contributed by atoms with E-state index in [1.54, 1.807) is 54.7 Å². The second-order valence-electron chi connectivity index (χ2n) is 8.92. The number of pyridine rings is 1. The van der Waals surface area contributed by atoms with Gasteiger partial charge in [-0.1, -0.05) is 30.3 Å². The van der Waals surface area contributed by atoms with Crippen molar-refractivity contribution in [2.75, 3.05) is 11.9 Å². The van der Waals surface area contributed by atoms with Crippen LogP contribution >= 0.6 is 0 Å². The number of carbonyl (C=O) groups is 3. The zero-order valence-electron chi connectivity index (χ0n) is 20.7. The van der Waals surface area contributed by atoms with Gasteiger partial charge in [0.1, 0.15) is 5.82 Å². The number of carbonyl (C=O) groups excluding carboxylic acids is 3. The number of nitrogens with one attached hydrogen (secondary N) is 2. The summed E-state index contributed by atoms with van der Waals surface area (Å²) in [6, 6.07) is 20.2. The van der Waals surface area contributed by atoms with E-state index in [2.05, 4.69) is 15.6 Å². The number of nitrogens with zero attached hydrogens (tertiary/aromatic N) is 2. The number of hydrogen-bond acceptors (Lipinski definition) is 6. The minimum absolute atomic E-state index is 0.0112. The Morgan fingerprint density at radius 1 is 1.00 bits per heavy atom. The number of benzene rings is 2. The fourth-order valence-corrected chi connectivity index (χ4v) is 4.36. The molecule has 1 aliphatic heterocycles. The Hall–Kier alpha value is -4.99. The molecule has 1 aliphatic rings. The van der Waals surface area contributed by atoms with Crippen molar-refractivity contribution in [1.29, 1.82) is 0 Å². The highest BCUT2D eigenvalue weighted by Crippen LogP contribution is 2.34. The van der Waals surface area contributed by atoms with Crippen LogP contribution in [0.1, 0.15) is 33.5 Å². The SMILES string of the molecule is O=C(Nc1ccc([C@@H]2OC(=O)N(Cc3cccc(F)c3)[C@H]2C(=O)NCCc2ccccn2)cc1)c1ccco1. The van der Waals surface area contributed by atoms with E-state index in [1.807, 2.05) is 18.2 Å². The number of aromatic nitrogens is 1. The number of amides is 3. The molecule has 2 aromatic heterocycles. The number of hydrogen-bond donors (Lipinski definition) is 2. The van der Waals surface area contributed by atoms with E-state index in [9.17, 15) is 18.8 Å². The predicted octanol–water partition coefficient (Wildman–Crippen LogP) is 4.49. The molecule has 4 aromatic rings. The summed E-state index contributed by atoms with van der Waals surface area (Å²) in [6.45, 7) is 0.293. The summed E-state index contributed by atoms with van der Waals surface area (Å²) in [5.41, 5.74) is 2.40. The van der Waals surface area contributed by atoms with Gasteiger partial charge in [-0.05, 0) is 59.7 Å². The summed E-state index contributed by atoms with van der Waals surface area (Å²) in [5, 5.41) is 5.60. The summed E-state index contributed by atoms with van der Waals surface area (Å²) in [4.78, 5) is 44.2. The molecule has 0 radical (unpaired) electrons. The first-order valence-electron chi connectivity index (χ1n) is 12.3. The normalized spacial score (nSPS) is 16.5. The minimum atomic E-state index is -1.01. The fourth-order valence-electron chi connectivity index (χ4n) is 4.36. The molecule has 198 valence electrons. The molecule has 39 heavy (non-hydrogen) atoms. The molecule has 10 heteroatoms. The summed E-state index contributed by atoms with van der Waals surface area (Å²) < 4.78 is 24.6. The molecular weight excluding hydrogens is 503 g/mol. The van der Waals surface area contributed by atoms with Crippen LogP contribution in [0, 0.1) is 5.82 Å². The highest BCUT2D eigenvalue weighted by Gasteiger charge is 2.46. The van der Waals surface area contributed by atoms with E-state index >= 15 is 0 Å². The smallest absolute Gasteiger partial charge is 0.411 e. The molecule has 0 unspecified atom stereocenters. The monoisotopic (exact) mass is 528 g/mol. The van der Waals surface area contributed by atoms with Crippen LogP contribution in [-0.4, -0.2) is 40.4 Å². The van der Waals surface area contributed by atoms with Gasteiger partial charge in [0, 0.05) is 30.5 Å². The Morgan fingerprint density at radius 3 is 2.56 bits per heavy atom. The summed E-state index contributed by atoms with van der Waals surface area (Å²) >= 11 is 0. The molecule has 0 saturated carbocycles. The molecule has 0 spiro atoms. The Kier molecular flexibility index (Phi) is 7.63. The summed E-state index contributed by atoms with van der Waals surface area (Å²) in [6.07, 6.45) is 1.98. The van der Waals surface area contributed by atoms with Crippen LogP contribution in [0.4, 0.5) is 14.9 Å². The highest BCUT2D eigenvalue weighted by molar-refractivity contribution is 6.02. The van der Waals surface area contributed by atoms with Gasteiger partial charge in [-0.2, -0.15) is 0 Å². The topological polar surface area (TPSA) is 114 Å². The molecule has 2 atom stereocenters. The lowest BCUT2D eigenvalue weighted by molar-refractivity contribution is -0.126. The molecule has 3 heterocycles. The predicted molar refractivity (Wildman–Crippen MR) is 139 cm³/mol. The molecule has 2 aromatic carbocycles. The van der Waals surface area contributed by atoms with Crippen LogP contribution in [0.5, 0.6) is 0 Å². The van der Waals surface area contributed by atoms with Crippen molar-refractivity contribution in [3.05, 3.63) is 120 Å². The van der Waals surface area contributed by atoms with Gasteiger partial charge in [-0.3, -0.25) is 19.5 Å². The van der Waals surface area contributed by atoms with Crippen LogP contribution in [-0.2, 0) is 22.5 Å². The van der Waals surface area contributed by atoms with Crippen molar-refractivity contribution in [3.63, 3.8) is 0 Å². The number of furan rings is 1. The van der Waals surface area contributed by atoms with Gasteiger partial charge < -0.3 is 19.8 Å². The maximum Gasteiger partial charge on any atom is 0.411 e. The van der Waals surface area contributed by atoms with E-state index in [1.165, 1.54) is 23.3 Å². The van der Waals surface area contributed by atoms with Gasteiger partial charge in [0.05, 0.1) is 12.8 Å². The molecule has 9 nitrogen and oxygen atoms in total. The lowest BCUT2D eigenvalue weighted by Crippen LogP contribution is -2.46. The Morgan fingerprint density at radius 2 is 1.85 bits per heavy atom. The van der Waals surface area contributed by atoms with Crippen molar-refractivity contribution < 1.29 is 27.9 Å². The van der Waals surface area contributed by atoms with Gasteiger partial charge in [-0.25, -0.2) is 9.18 Å². The summed E-state index contributed by atoms with van der Waals surface area (Å²) in [5.74, 6) is -1.10. The number of cyclic esters (lactones) is 1. The van der Waals surface area contributed by atoms with Gasteiger partial charge in [0.15, 0.2) is 17.9 Å². The Balaban J connectivity index is 1.34. The fraction of sp³-hybridized carbons (Fsp3) is 0.172. The average molecular weight is 529 g/mol. The zero-order chi connectivity index (χ0) is 27.2. The average Bonchev–Trinajstić information content (AvgIpc) is 3.59. The van der Waals surface area contributed by atoms with Gasteiger partial charge in [0.25, 0.3) is 5.91 Å². The van der Waals surface area contributed by atoms with Gasteiger partial charge in [-0.15, -0.1) is 0 Å². The Labute approximate surface area is 223 Å². The second-order valence-corrected chi connectivity index (χ2v) is 8.92. The lowest BCUT2D eigenvalue weighted by atomic mass is 10.00. The third-order valence-electron chi connectivity index (χ3n) is 6.24. The first-order chi connectivity index (χ1) is 19.0. The van der Waals surface area contributed by atoms with Crippen LogP contribution in [0.3, 0.4) is 0 Å². The van der Waals surface area contributed by atoms with E-state index < -0.39 is 35.9 Å². The standard InChI is InChI=1S/C29H25FN4O5/c30-21-6-3-5-19(17-21)18-34-25(28(36)32-15-13-22-7-1-2-14-31-22)26(39-29(34)37)20-9-11-23(12-10-20)33-27(35)24-8-4-16-38-24/h1-12,14,16-17,25-26H,13,15,18H2,(H,32,36)(H,33,35)/t25-,26+/m1/s1. The van der Waals surface area contributed by atoms with Crippen LogP contribution in [0.2, 0.25) is 0 Å². The quantitative estimate of drug-likeness (QED) is 0.331. The maximum atomic E-state index is 13.8. The number of ether oxygens (including phenoxy) is 1. The number of halogens is 1. The van der Waals surface area contributed by atoms with E-state index in [0.29, 0.717) is 29.8 Å². The largest absolute Gasteiger partial charge is 0.459 e. The van der Waals surface area contributed by atoms with E-state index in [0.717, 1.165) is 5.69 Å². The van der Waals surface area contributed by atoms with Gasteiger partial charge in [0.2, 0.25) is 5.91 Å². The molecule has 1 saturated heterocycles. The minimum Gasteiger partial charge on any atom is -0.459 e. The number of anilines is 1. The van der Waals surface area contributed by atoms with Gasteiger partial charge >= 0.3 is 6.09 Å². The van der Waals surface area contributed by atoms with E-state index in [4.69, 9.17) is 9.15 Å².